The lowest BCUT2D eigenvalue weighted by molar-refractivity contribution is -0.136. The van der Waals surface area contributed by atoms with Crippen molar-refractivity contribution in [1.29, 1.82) is 0 Å². The number of nitrogens with one attached hydrogen (secondary N) is 1. The summed E-state index contributed by atoms with van der Waals surface area (Å²) in [6.07, 6.45) is 2.71. The first-order valence-electron chi connectivity index (χ1n) is 9.03. The first kappa shape index (κ1) is 17.5. The average molecular weight is 342 g/mol. The van der Waals surface area contributed by atoms with Crippen LogP contribution in [0.5, 0.6) is 0 Å². The molecule has 1 atom stereocenters. The van der Waals surface area contributed by atoms with Crippen LogP contribution < -0.4 is 5.32 Å². The van der Waals surface area contributed by atoms with Gasteiger partial charge in [-0.05, 0) is 31.9 Å². The SMILES string of the molecule is CCc1nc2ccccc2n1C1CCN(C(=O)C(C)NC(C)=O)CC1. The van der Waals surface area contributed by atoms with Crippen LogP contribution in [0.4, 0.5) is 0 Å². The average Bonchev–Trinajstić information content (AvgIpc) is 2.99. The highest BCUT2D eigenvalue weighted by molar-refractivity contribution is 5.86. The molecule has 2 heterocycles. The van der Waals surface area contributed by atoms with Gasteiger partial charge in [0.1, 0.15) is 11.9 Å². The molecule has 2 amide bonds. The van der Waals surface area contributed by atoms with Gasteiger partial charge in [0.2, 0.25) is 11.8 Å². The first-order chi connectivity index (χ1) is 12.0. The number of amides is 2. The third-order valence-corrected chi connectivity index (χ3v) is 4.92. The molecular weight excluding hydrogens is 316 g/mol. The molecule has 134 valence electrons. The van der Waals surface area contributed by atoms with E-state index in [1.54, 1.807) is 6.92 Å². The van der Waals surface area contributed by atoms with Crippen molar-refractivity contribution >= 4 is 22.8 Å². The lowest BCUT2D eigenvalue weighted by atomic mass is 10.0. The van der Waals surface area contributed by atoms with Gasteiger partial charge in [-0.3, -0.25) is 9.59 Å². The van der Waals surface area contributed by atoms with Crippen LogP contribution in [0.2, 0.25) is 0 Å². The van der Waals surface area contributed by atoms with Gasteiger partial charge >= 0.3 is 0 Å². The standard InChI is InChI=1S/C19H26N4O2/c1-4-18-21-16-7-5-6-8-17(16)23(18)15-9-11-22(12-10-15)19(25)13(2)20-14(3)24/h5-8,13,15H,4,9-12H2,1-3H3,(H,20,24). The summed E-state index contributed by atoms with van der Waals surface area (Å²) in [6, 6.07) is 8.14. The van der Waals surface area contributed by atoms with E-state index in [9.17, 15) is 9.59 Å². The summed E-state index contributed by atoms with van der Waals surface area (Å²) in [5.74, 6) is 0.936. The molecule has 3 rings (SSSR count). The number of hydrogen-bond donors (Lipinski definition) is 1. The number of fused-ring (bicyclic) bond motifs is 1. The lowest BCUT2D eigenvalue weighted by Gasteiger charge is -2.35. The van der Waals surface area contributed by atoms with Crippen molar-refractivity contribution in [1.82, 2.24) is 19.8 Å². The maximum Gasteiger partial charge on any atom is 0.244 e. The molecule has 6 nitrogen and oxygen atoms in total. The van der Waals surface area contributed by atoms with Gasteiger partial charge in [0.05, 0.1) is 11.0 Å². The summed E-state index contributed by atoms with van der Waals surface area (Å²) in [7, 11) is 0. The van der Waals surface area contributed by atoms with Crippen LogP contribution in [-0.4, -0.2) is 45.4 Å². The number of benzene rings is 1. The van der Waals surface area contributed by atoms with E-state index in [4.69, 9.17) is 4.98 Å². The predicted molar refractivity (Wildman–Crippen MR) is 97.2 cm³/mol. The molecule has 1 unspecified atom stereocenters. The number of aryl methyl sites for hydroxylation is 1. The van der Waals surface area contributed by atoms with E-state index < -0.39 is 6.04 Å². The van der Waals surface area contributed by atoms with Gasteiger partial charge in [-0.1, -0.05) is 19.1 Å². The van der Waals surface area contributed by atoms with Gasteiger partial charge in [0, 0.05) is 32.5 Å². The number of rotatable bonds is 4. The first-order valence-corrected chi connectivity index (χ1v) is 9.03. The number of aromatic nitrogens is 2. The van der Waals surface area contributed by atoms with Crippen molar-refractivity contribution in [3.05, 3.63) is 30.1 Å². The van der Waals surface area contributed by atoms with Gasteiger partial charge in [-0.2, -0.15) is 0 Å². The maximum atomic E-state index is 12.5. The molecule has 1 N–H and O–H groups in total. The van der Waals surface area contributed by atoms with Crippen molar-refractivity contribution in [2.75, 3.05) is 13.1 Å². The molecule has 1 fully saturated rings. The van der Waals surface area contributed by atoms with Gasteiger partial charge in [-0.15, -0.1) is 0 Å². The quantitative estimate of drug-likeness (QED) is 0.927. The monoisotopic (exact) mass is 342 g/mol. The molecule has 0 aliphatic carbocycles. The number of nitrogens with zero attached hydrogens (tertiary/aromatic N) is 3. The largest absolute Gasteiger partial charge is 0.345 e. The van der Waals surface area contributed by atoms with E-state index in [0.717, 1.165) is 30.6 Å². The summed E-state index contributed by atoms with van der Waals surface area (Å²) in [5.41, 5.74) is 2.22. The molecule has 1 aliphatic heterocycles. The fourth-order valence-electron chi connectivity index (χ4n) is 3.74. The molecule has 1 aromatic carbocycles. The molecule has 1 aromatic heterocycles. The highest BCUT2D eigenvalue weighted by Gasteiger charge is 2.28. The second-order valence-electron chi connectivity index (χ2n) is 6.72. The molecule has 1 aliphatic rings. The normalized spacial score (nSPS) is 16.8. The third-order valence-electron chi connectivity index (χ3n) is 4.92. The number of imidazole rings is 1. The van der Waals surface area contributed by atoms with Crippen molar-refractivity contribution in [2.45, 2.75) is 52.1 Å². The van der Waals surface area contributed by atoms with Crippen LogP contribution in [0.3, 0.4) is 0 Å². The van der Waals surface area contributed by atoms with Gasteiger partial charge < -0.3 is 14.8 Å². The zero-order chi connectivity index (χ0) is 18.0. The van der Waals surface area contributed by atoms with Crippen molar-refractivity contribution in [3.63, 3.8) is 0 Å². The zero-order valence-electron chi connectivity index (χ0n) is 15.2. The predicted octanol–water partition coefficient (Wildman–Crippen LogP) is 2.29. The van der Waals surface area contributed by atoms with Crippen molar-refractivity contribution < 1.29 is 9.59 Å². The van der Waals surface area contributed by atoms with Crippen LogP contribution in [0.1, 0.15) is 45.5 Å². The van der Waals surface area contributed by atoms with Crippen LogP contribution in [0.15, 0.2) is 24.3 Å². The van der Waals surface area contributed by atoms with E-state index in [-0.39, 0.29) is 11.8 Å². The van der Waals surface area contributed by atoms with E-state index >= 15 is 0 Å². The van der Waals surface area contributed by atoms with Gasteiger partial charge in [0.15, 0.2) is 0 Å². The maximum absolute atomic E-state index is 12.5. The summed E-state index contributed by atoms with van der Waals surface area (Å²) >= 11 is 0. The molecule has 0 saturated carbocycles. The Bertz CT molecular complexity index is 775. The highest BCUT2D eigenvalue weighted by Crippen LogP contribution is 2.29. The number of likely N-dealkylation sites (tertiary alicyclic amines) is 1. The van der Waals surface area contributed by atoms with Crippen LogP contribution in [0, 0.1) is 0 Å². The Morgan fingerprint density at radius 3 is 2.60 bits per heavy atom. The number of piperidine rings is 1. The van der Waals surface area contributed by atoms with Gasteiger partial charge in [0.25, 0.3) is 0 Å². The fourth-order valence-corrected chi connectivity index (χ4v) is 3.74. The third kappa shape index (κ3) is 3.52. The topological polar surface area (TPSA) is 67.2 Å². The summed E-state index contributed by atoms with van der Waals surface area (Å²) < 4.78 is 2.36. The summed E-state index contributed by atoms with van der Waals surface area (Å²) in [4.78, 5) is 30.2. The summed E-state index contributed by atoms with van der Waals surface area (Å²) in [5, 5.41) is 2.68. The minimum Gasteiger partial charge on any atom is -0.345 e. The van der Waals surface area contributed by atoms with E-state index in [2.05, 4.69) is 28.9 Å². The number of hydrogen-bond acceptors (Lipinski definition) is 3. The minimum atomic E-state index is -0.464. The Morgan fingerprint density at radius 1 is 1.28 bits per heavy atom. The molecule has 25 heavy (non-hydrogen) atoms. The molecule has 0 spiro atoms. The van der Waals surface area contributed by atoms with Crippen molar-refractivity contribution in [3.8, 4) is 0 Å². The Balaban J connectivity index is 1.73. The number of carbonyl (C=O) groups is 2. The number of carbonyl (C=O) groups excluding carboxylic acids is 2. The lowest BCUT2D eigenvalue weighted by Crippen LogP contribution is -2.49. The Morgan fingerprint density at radius 2 is 1.96 bits per heavy atom. The molecule has 6 heteroatoms. The van der Waals surface area contributed by atoms with E-state index in [1.165, 1.54) is 12.4 Å². The minimum absolute atomic E-state index is 0.000135. The summed E-state index contributed by atoms with van der Waals surface area (Å²) in [6.45, 7) is 6.73. The number of para-hydroxylation sites is 2. The zero-order valence-corrected chi connectivity index (χ0v) is 15.2. The smallest absolute Gasteiger partial charge is 0.244 e. The second kappa shape index (κ2) is 7.25. The van der Waals surface area contributed by atoms with E-state index in [0.29, 0.717) is 19.1 Å². The van der Waals surface area contributed by atoms with Crippen molar-refractivity contribution in [2.24, 2.45) is 0 Å². The van der Waals surface area contributed by atoms with Gasteiger partial charge in [-0.25, -0.2) is 4.98 Å². The molecule has 0 radical (unpaired) electrons. The highest BCUT2D eigenvalue weighted by atomic mass is 16.2. The Labute approximate surface area is 148 Å². The van der Waals surface area contributed by atoms with Crippen LogP contribution >= 0.6 is 0 Å². The second-order valence-corrected chi connectivity index (χ2v) is 6.72. The van der Waals surface area contributed by atoms with E-state index in [1.807, 2.05) is 17.0 Å². The molecule has 0 bridgehead atoms. The van der Waals surface area contributed by atoms with Crippen LogP contribution in [0.25, 0.3) is 11.0 Å². The Kier molecular flexibility index (Phi) is 5.06. The fraction of sp³-hybridized carbons (Fsp3) is 0.526. The van der Waals surface area contributed by atoms with Crippen LogP contribution in [-0.2, 0) is 16.0 Å². The molecule has 1 saturated heterocycles. The molecule has 2 aromatic rings. The Hall–Kier alpha value is -2.37. The molecular formula is C19H26N4O2.